The number of carbonyl (C=O) groups excluding carboxylic acids is 1. The van der Waals surface area contributed by atoms with Crippen molar-refractivity contribution in [1.29, 1.82) is 0 Å². The maximum atomic E-state index is 13.5. The van der Waals surface area contributed by atoms with Crippen LogP contribution in [0.4, 0.5) is 13.2 Å². The summed E-state index contributed by atoms with van der Waals surface area (Å²) in [5.74, 6) is 0.286. The summed E-state index contributed by atoms with van der Waals surface area (Å²) in [6.45, 7) is 2.93. The van der Waals surface area contributed by atoms with E-state index in [1.165, 1.54) is 28.6 Å². The van der Waals surface area contributed by atoms with Gasteiger partial charge in [-0.3, -0.25) is 9.48 Å². The van der Waals surface area contributed by atoms with Crippen LogP contribution in [0.25, 0.3) is 17.0 Å². The van der Waals surface area contributed by atoms with Crippen LogP contribution < -0.4 is 0 Å². The van der Waals surface area contributed by atoms with Crippen molar-refractivity contribution in [3.8, 4) is 0 Å². The lowest BCUT2D eigenvalue weighted by Gasteiger charge is -2.21. The molecule has 0 N–H and O–H groups in total. The molecule has 5 rings (SSSR count). The van der Waals surface area contributed by atoms with Crippen molar-refractivity contribution < 1.29 is 18.0 Å². The molecule has 0 radical (unpaired) electrons. The maximum absolute atomic E-state index is 13.5. The summed E-state index contributed by atoms with van der Waals surface area (Å²) in [5, 5.41) is 5.79. The molecule has 1 atom stereocenters. The molecule has 194 valence electrons. The van der Waals surface area contributed by atoms with Gasteiger partial charge in [0.25, 0.3) is 5.91 Å². The minimum Gasteiger partial charge on any atom is -0.354 e. The van der Waals surface area contributed by atoms with Crippen molar-refractivity contribution in [2.24, 2.45) is 10.9 Å². The highest BCUT2D eigenvalue weighted by atomic mass is 35.5. The van der Waals surface area contributed by atoms with Crippen molar-refractivity contribution in [1.82, 2.24) is 19.6 Å². The molecule has 1 aromatic heterocycles. The number of amidine groups is 1. The van der Waals surface area contributed by atoms with E-state index < -0.39 is 11.7 Å². The van der Waals surface area contributed by atoms with Crippen LogP contribution in [0.3, 0.4) is 0 Å². The van der Waals surface area contributed by atoms with Gasteiger partial charge in [0.15, 0.2) is 5.17 Å². The molecule has 3 aromatic rings. The third kappa shape index (κ3) is 5.71. The predicted molar refractivity (Wildman–Crippen MR) is 142 cm³/mol. The summed E-state index contributed by atoms with van der Waals surface area (Å²) in [7, 11) is 4.08. The fourth-order valence-corrected chi connectivity index (χ4v) is 5.84. The molecule has 0 bridgehead atoms. The van der Waals surface area contributed by atoms with E-state index in [1.807, 2.05) is 24.1 Å². The summed E-state index contributed by atoms with van der Waals surface area (Å²) in [5.41, 5.74) is 0.789. The van der Waals surface area contributed by atoms with Crippen molar-refractivity contribution in [3.05, 3.63) is 69.2 Å². The molecule has 1 unspecified atom stereocenters. The van der Waals surface area contributed by atoms with Crippen LogP contribution >= 0.6 is 23.4 Å². The Morgan fingerprint density at radius 2 is 2.05 bits per heavy atom. The van der Waals surface area contributed by atoms with Gasteiger partial charge in [-0.05, 0) is 79.2 Å². The molecule has 1 fully saturated rings. The second-order valence-electron chi connectivity index (χ2n) is 9.53. The van der Waals surface area contributed by atoms with Crippen LogP contribution in [0.1, 0.15) is 23.1 Å². The Balaban J connectivity index is 1.31. The Bertz CT molecular complexity index is 1420. The first-order valence-corrected chi connectivity index (χ1v) is 13.0. The lowest BCUT2D eigenvalue weighted by atomic mass is 10.1. The van der Waals surface area contributed by atoms with Gasteiger partial charge in [0, 0.05) is 30.5 Å². The number of benzene rings is 2. The lowest BCUT2D eigenvalue weighted by Crippen LogP contribution is -2.30. The number of aromatic nitrogens is 2. The number of hydrogen-bond acceptors (Lipinski definition) is 5. The minimum absolute atomic E-state index is 0.0304. The van der Waals surface area contributed by atoms with Gasteiger partial charge in [0.05, 0.1) is 28.7 Å². The second-order valence-corrected chi connectivity index (χ2v) is 11.0. The highest BCUT2D eigenvalue weighted by molar-refractivity contribution is 8.18. The molecule has 11 heteroatoms. The summed E-state index contributed by atoms with van der Waals surface area (Å²) in [4.78, 5) is 21.7. The topological polar surface area (TPSA) is 53.7 Å². The van der Waals surface area contributed by atoms with Crippen molar-refractivity contribution in [2.75, 3.05) is 33.7 Å². The molecule has 0 aliphatic carbocycles. The van der Waals surface area contributed by atoms with E-state index in [4.69, 9.17) is 11.6 Å². The van der Waals surface area contributed by atoms with E-state index in [0.29, 0.717) is 21.5 Å². The zero-order valence-electron chi connectivity index (χ0n) is 20.3. The van der Waals surface area contributed by atoms with E-state index in [0.717, 1.165) is 43.1 Å². The van der Waals surface area contributed by atoms with E-state index >= 15 is 0 Å². The number of amides is 1. The number of fused-ring (bicyclic) bond motifs is 1. The maximum Gasteiger partial charge on any atom is 0.416 e. The Hall–Kier alpha value is -2.82. The summed E-state index contributed by atoms with van der Waals surface area (Å²) >= 11 is 7.16. The van der Waals surface area contributed by atoms with Gasteiger partial charge in [-0.25, -0.2) is 0 Å². The van der Waals surface area contributed by atoms with E-state index in [-0.39, 0.29) is 23.0 Å². The van der Waals surface area contributed by atoms with Gasteiger partial charge < -0.3 is 9.80 Å². The number of halogens is 4. The Labute approximate surface area is 221 Å². The third-order valence-electron chi connectivity index (χ3n) is 6.62. The fraction of sp³-hybridized carbons (Fsp3) is 0.346. The molecule has 3 heterocycles. The number of thioether (sulfide) groups is 1. The number of alkyl halides is 3. The average Bonchev–Trinajstić information content (AvgIpc) is 3.53. The normalized spacial score (nSPS) is 19.8. The molecule has 0 saturated carbocycles. The van der Waals surface area contributed by atoms with Gasteiger partial charge in [0.1, 0.15) is 0 Å². The van der Waals surface area contributed by atoms with Crippen molar-refractivity contribution in [2.45, 2.75) is 19.1 Å². The Morgan fingerprint density at radius 1 is 1.24 bits per heavy atom. The molecule has 0 spiro atoms. The Morgan fingerprint density at radius 3 is 2.78 bits per heavy atom. The lowest BCUT2D eigenvalue weighted by molar-refractivity contribution is -0.138. The molecule has 2 aliphatic heterocycles. The van der Waals surface area contributed by atoms with Gasteiger partial charge in [-0.15, -0.1) is 0 Å². The summed E-state index contributed by atoms with van der Waals surface area (Å²) in [6, 6.07) is 9.24. The molecule has 37 heavy (non-hydrogen) atoms. The SMILES string of the molecule is CN1CCC(CN(C)C2=NC(=O)C(=Cc3ccc4c(cnn4Cc4ccc(Cl)cc4C(F)(F)F)c3)S2)C1. The van der Waals surface area contributed by atoms with Gasteiger partial charge >= 0.3 is 6.18 Å². The monoisotopic (exact) mass is 547 g/mol. The van der Waals surface area contributed by atoms with E-state index in [2.05, 4.69) is 22.0 Å². The average molecular weight is 548 g/mol. The smallest absolute Gasteiger partial charge is 0.354 e. The molecule has 2 aliphatic rings. The summed E-state index contributed by atoms with van der Waals surface area (Å²) < 4.78 is 42.0. The minimum atomic E-state index is -4.52. The number of rotatable bonds is 5. The quantitative estimate of drug-likeness (QED) is 0.389. The van der Waals surface area contributed by atoms with Crippen molar-refractivity contribution >= 4 is 51.4 Å². The predicted octanol–water partition coefficient (Wildman–Crippen LogP) is 5.61. The number of aliphatic imine (C=N–C) groups is 1. The first-order chi connectivity index (χ1) is 17.6. The highest BCUT2D eigenvalue weighted by Gasteiger charge is 2.34. The number of carbonyl (C=O) groups is 1. The first kappa shape index (κ1) is 25.8. The molecule has 1 amide bonds. The third-order valence-corrected chi connectivity index (χ3v) is 7.95. The number of likely N-dealkylation sites (tertiary alicyclic amines) is 1. The molecular weight excluding hydrogens is 523 g/mol. The second kappa shape index (κ2) is 10.2. The standard InChI is InChI=1S/C26H25ClF3N5OS/c1-33-8-7-17(13-33)14-34(2)25-32-24(36)23(37-25)10-16-3-6-22-19(9-16)12-31-35(22)15-18-4-5-20(27)11-21(18)26(28,29)30/h3-6,9-12,17H,7-8,13-15H2,1-2H3. The van der Waals surface area contributed by atoms with Crippen LogP contribution in [-0.4, -0.2) is 64.4 Å². The number of hydrogen-bond donors (Lipinski definition) is 0. The molecular formula is C26H25ClF3N5OS. The van der Waals surface area contributed by atoms with E-state index in [9.17, 15) is 18.0 Å². The summed E-state index contributed by atoms with van der Waals surface area (Å²) in [6.07, 6.45) is 0.0199. The number of nitrogens with zero attached hydrogens (tertiary/aromatic N) is 5. The van der Waals surface area contributed by atoms with Crippen LogP contribution in [0.2, 0.25) is 5.02 Å². The highest BCUT2D eigenvalue weighted by Crippen LogP contribution is 2.35. The van der Waals surface area contributed by atoms with Crippen LogP contribution in [0.15, 0.2) is 52.5 Å². The van der Waals surface area contributed by atoms with Crippen LogP contribution in [-0.2, 0) is 17.5 Å². The largest absolute Gasteiger partial charge is 0.416 e. The molecule has 2 aromatic carbocycles. The van der Waals surface area contributed by atoms with Crippen LogP contribution in [0, 0.1) is 5.92 Å². The molecule has 6 nitrogen and oxygen atoms in total. The Kier molecular flexibility index (Phi) is 7.08. The van der Waals surface area contributed by atoms with Gasteiger partial charge in [-0.2, -0.15) is 23.3 Å². The van der Waals surface area contributed by atoms with Gasteiger partial charge in [-0.1, -0.05) is 23.7 Å². The van der Waals surface area contributed by atoms with Gasteiger partial charge in [0.2, 0.25) is 0 Å². The van der Waals surface area contributed by atoms with Crippen LogP contribution in [0.5, 0.6) is 0 Å². The zero-order valence-corrected chi connectivity index (χ0v) is 21.9. The fourth-order valence-electron chi connectivity index (χ4n) is 4.79. The first-order valence-electron chi connectivity index (χ1n) is 11.8. The molecule has 1 saturated heterocycles. The zero-order chi connectivity index (χ0) is 26.3. The van der Waals surface area contributed by atoms with E-state index in [1.54, 1.807) is 18.3 Å². The van der Waals surface area contributed by atoms with Crippen molar-refractivity contribution in [3.63, 3.8) is 0 Å².